The highest BCUT2D eigenvalue weighted by Crippen LogP contribution is 2.03. The van der Waals surface area contributed by atoms with Crippen molar-refractivity contribution in [1.29, 1.82) is 0 Å². The first-order valence-electron chi connectivity index (χ1n) is 2.72. The van der Waals surface area contributed by atoms with Crippen molar-refractivity contribution in [3.05, 3.63) is 0 Å². The fraction of sp³-hybridized carbons (Fsp3) is 0.800. The first kappa shape index (κ1) is 5.56. The van der Waals surface area contributed by atoms with Crippen molar-refractivity contribution in [3.63, 3.8) is 0 Å². The van der Waals surface area contributed by atoms with Crippen LogP contribution in [0.3, 0.4) is 0 Å². The summed E-state index contributed by atoms with van der Waals surface area (Å²) in [6, 6.07) is 0.458. The van der Waals surface area contributed by atoms with Gasteiger partial charge in [0.05, 0.1) is 6.04 Å². The molecule has 0 radical (unpaired) electrons. The van der Waals surface area contributed by atoms with Gasteiger partial charge in [0.2, 0.25) is 0 Å². The van der Waals surface area contributed by atoms with Gasteiger partial charge in [0.15, 0.2) is 0 Å². The van der Waals surface area contributed by atoms with Gasteiger partial charge >= 0.3 is 0 Å². The summed E-state index contributed by atoms with van der Waals surface area (Å²) in [5.74, 6) is 0. The van der Waals surface area contributed by atoms with Crippen molar-refractivity contribution in [2.24, 2.45) is 5.10 Å². The summed E-state index contributed by atoms with van der Waals surface area (Å²) in [5, 5.41) is 7.91. The summed E-state index contributed by atoms with van der Waals surface area (Å²) >= 11 is 0. The molecule has 3 heteroatoms. The Morgan fingerprint density at radius 3 is 2.25 bits per heavy atom. The van der Waals surface area contributed by atoms with E-state index in [1.54, 1.807) is 0 Å². The van der Waals surface area contributed by atoms with Crippen LogP contribution < -0.4 is 0 Å². The SMILES string of the molecule is CC1C=NN(C)N1C. The van der Waals surface area contributed by atoms with Crippen molar-refractivity contribution >= 4 is 6.21 Å². The van der Waals surface area contributed by atoms with Crippen LogP contribution in [0.5, 0.6) is 0 Å². The number of hydrazine groups is 1. The Morgan fingerprint density at radius 1 is 1.50 bits per heavy atom. The summed E-state index contributed by atoms with van der Waals surface area (Å²) in [7, 11) is 3.94. The van der Waals surface area contributed by atoms with E-state index in [9.17, 15) is 0 Å². The zero-order chi connectivity index (χ0) is 6.15. The average Bonchev–Trinajstić information content (AvgIpc) is 1.98. The molecule has 0 aliphatic carbocycles. The van der Waals surface area contributed by atoms with Crippen LogP contribution in [0, 0.1) is 0 Å². The quantitative estimate of drug-likeness (QED) is 0.445. The lowest BCUT2D eigenvalue weighted by atomic mass is 10.4. The second-order valence-electron chi connectivity index (χ2n) is 2.07. The molecule has 1 aliphatic rings. The van der Waals surface area contributed by atoms with Gasteiger partial charge in [0.1, 0.15) is 0 Å². The molecule has 8 heavy (non-hydrogen) atoms. The average molecular weight is 113 g/mol. The van der Waals surface area contributed by atoms with Gasteiger partial charge in [-0.05, 0) is 6.92 Å². The maximum Gasteiger partial charge on any atom is 0.0647 e. The Morgan fingerprint density at radius 2 is 2.12 bits per heavy atom. The zero-order valence-electron chi connectivity index (χ0n) is 5.50. The smallest absolute Gasteiger partial charge is 0.0647 e. The third kappa shape index (κ3) is 0.690. The number of nitrogens with zero attached hydrogens (tertiary/aromatic N) is 3. The summed E-state index contributed by atoms with van der Waals surface area (Å²) in [6.07, 6.45) is 1.92. The lowest BCUT2D eigenvalue weighted by Crippen LogP contribution is -2.33. The molecule has 0 aromatic carbocycles. The Bertz CT molecular complexity index is 98.2. The molecule has 46 valence electrons. The largest absolute Gasteiger partial charge is 0.230 e. The van der Waals surface area contributed by atoms with Gasteiger partial charge in [-0.25, -0.2) is 5.12 Å². The maximum absolute atomic E-state index is 4.03. The van der Waals surface area contributed by atoms with E-state index in [2.05, 4.69) is 17.0 Å². The Balaban J connectivity index is 2.55. The van der Waals surface area contributed by atoms with E-state index in [0.29, 0.717) is 6.04 Å². The van der Waals surface area contributed by atoms with Crippen molar-refractivity contribution < 1.29 is 0 Å². The van der Waals surface area contributed by atoms with Gasteiger partial charge in [-0.1, -0.05) is 0 Å². The van der Waals surface area contributed by atoms with E-state index in [1.807, 2.05) is 25.4 Å². The van der Waals surface area contributed by atoms with Gasteiger partial charge in [0.25, 0.3) is 0 Å². The second kappa shape index (κ2) is 1.74. The van der Waals surface area contributed by atoms with Crippen LogP contribution in [0.25, 0.3) is 0 Å². The third-order valence-electron chi connectivity index (χ3n) is 1.50. The lowest BCUT2D eigenvalue weighted by Gasteiger charge is -2.20. The molecule has 0 fully saturated rings. The maximum atomic E-state index is 4.03. The van der Waals surface area contributed by atoms with Crippen LogP contribution in [0.1, 0.15) is 6.92 Å². The van der Waals surface area contributed by atoms with Crippen LogP contribution in [-0.2, 0) is 0 Å². The molecule has 0 amide bonds. The molecule has 0 spiro atoms. The highest BCUT2D eigenvalue weighted by atomic mass is 15.8. The monoisotopic (exact) mass is 113 g/mol. The van der Waals surface area contributed by atoms with Gasteiger partial charge in [-0.2, -0.15) is 10.1 Å². The number of rotatable bonds is 0. The number of hydrazone groups is 1. The molecule has 0 N–H and O–H groups in total. The fourth-order valence-electron chi connectivity index (χ4n) is 0.634. The van der Waals surface area contributed by atoms with E-state index in [-0.39, 0.29) is 0 Å². The molecule has 1 rings (SSSR count). The molecule has 1 atom stereocenters. The third-order valence-corrected chi connectivity index (χ3v) is 1.50. The minimum atomic E-state index is 0.458. The van der Waals surface area contributed by atoms with Crippen LogP contribution in [0.15, 0.2) is 5.10 Å². The molecular formula is C5H11N3. The van der Waals surface area contributed by atoms with Gasteiger partial charge in [-0.3, -0.25) is 0 Å². The molecule has 0 bridgehead atoms. The summed E-state index contributed by atoms with van der Waals surface area (Å²) < 4.78 is 0. The predicted molar refractivity (Wildman–Crippen MR) is 33.5 cm³/mol. The number of hydrogen-bond donors (Lipinski definition) is 0. The lowest BCUT2D eigenvalue weighted by molar-refractivity contribution is 0.0408. The van der Waals surface area contributed by atoms with Crippen molar-refractivity contribution in [2.45, 2.75) is 13.0 Å². The summed E-state index contributed by atoms with van der Waals surface area (Å²) in [4.78, 5) is 0. The van der Waals surface area contributed by atoms with Gasteiger partial charge in [0, 0.05) is 20.3 Å². The minimum absolute atomic E-state index is 0.458. The molecule has 3 nitrogen and oxygen atoms in total. The predicted octanol–water partition coefficient (Wildman–Crippen LogP) is 0.153. The van der Waals surface area contributed by atoms with Crippen LogP contribution in [0.4, 0.5) is 0 Å². The molecule has 1 aliphatic heterocycles. The van der Waals surface area contributed by atoms with E-state index < -0.39 is 0 Å². The molecule has 0 saturated heterocycles. The topological polar surface area (TPSA) is 18.8 Å². The molecular weight excluding hydrogens is 102 g/mol. The van der Waals surface area contributed by atoms with Gasteiger partial charge < -0.3 is 0 Å². The standard InChI is InChI=1S/C5H11N3/c1-5-4-6-8(3)7(5)2/h4-5H,1-3H3. The molecule has 0 aromatic heterocycles. The van der Waals surface area contributed by atoms with Gasteiger partial charge in [-0.15, -0.1) is 0 Å². The van der Waals surface area contributed by atoms with E-state index in [4.69, 9.17) is 0 Å². The molecule has 0 saturated carbocycles. The van der Waals surface area contributed by atoms with Crippen LogP contribution in [-0.4, -0.2) is 36.5 Å². The van der Waals surface area contributed by atoms with Crippen LogP contribution >= 0.6 is 0 Å². The second-order valence-corrected chi connectivity index (χ2v) is 2.07. The zero-order valence-corrected chi connectivity index (χ0v) is 5.50. The summed E-state index contributed by atoms with van der Waals surface area (Å²) in [6.45, 7) is 2.10. The van der Waals surface area contributed by atoms with Crippen molar-refractivity contribution in [1.82, 2.24) is 10.1 Å². The van der Waals surface area contributed by atoms with E-state index in [0.717, 1.165) is 0 Å². The van der Waals surface area contributed by atoms with Crippen molar-refractivity contribution in [2.75, 3.05) is 14.1 Å². The highest BCUT2D eigenvalue weighted by molar-refractivity contribution is 5.64. The molecule has 1 heterocycles. The molecule has 1 unspecified atom stereocenters. The van der Waals surface area contributed by atoms with Crippen LogP contribution in [0.2, 0.25) is 0 Å². The van der Waals surface area contributed by atoms with E-state index in [1.165, 1.54) is 0 Å². The number of hydrogen-bond acceptors (Lipinski definition) is 3. The van der Waals surface area contributed by atoms with Crippen molar-refractivity contribution in [3.8, 4) is 0 Å². The Hall–Kier alpha value is -0.570. The highest BCUT2D eigenvalue weighted by Gasteiger charge is 2.14. The Kier molecular flexibility index (Phi) is 1.21. The van der Waals surface area contributed by atoms with E-state index >= 15 is 0 Å². The molecule has 0 aromatic rings. The Labute approximate surface area is 49.5 Å². The minimum Gasteiger partial charge on any atom is -0.230 e. The first-order chi connectivity index (χ1) is 3.72. The first-order valence-corrected chi connectivity index (χ1v) is 2.72. The summed E-state index contributed by atoms with van der Waals surface area (Å²) in [5.41, 5.74) is 0. The fourth-order valence-corrected chi connectivity index (χ4v) is 0.634. The normalized spacial score (nSPS) is 29.9.